The molecule has 190 valence electrons. The Bertz CT molecular complexity index is 818. The SMILES string of the molecule is [2H]C(OC)O[C@H]([C@H](O)[C@@H](O)CO)[C@H](OCc1ccccc1)[C@@H](COCc1ccccc1)OC([2H])OC. The van der Waals surface area contributed by atoms with E-state index < -0.39 is 50.7 Å². The molecule has 3 N–H and O–H groups in total. The minimum Gasteiger partial charge on any atom is -0.394 e. The van der Waals surface area contributed by atoms with Crippen LogP contribution >= 0.6 is 0 Å². The van der Waals surface area contributed by atoms with Gasteiger partial charge in [0.25, 0.3) is 0 Å². The molecule has 0 aliphatic heterocycles. The van der Waals surface area contributed by atoms with Gasteiger partial charge >= 0.3 is 0 Å². The number of rotatable bonds is 18. The van der Waals surface area contributed by atoms with Crippen LogP contribution in [0.3, 0.4) is 0 Å². The van der Waals surface area contributed by atoms with E-state index in [0.29, 0.717) is 0 Å². The van der Waals surface area contributed by atoms with Gasteiger partial charge in [-0.25, -0.2) is 0 Å². The van der Waals surface area contributed by atoms with Crippen molar-refractivity contribution in [3.8, 4) is 0 Å². The van der Waals surface area contributed by atoms with Crippen molar-refractivity contribution in [1.29, 1.82) is 0 Å². The van der Waals surface area contributed by atoms with Crippen molar-refractivity contribution in [2.75, 3.05) is 41.0 Å². The molecule has 0 radical (unpaired) electrons. The molecule has 0 fully saturated rings. The first-order chi connectivity index (χ1) is 17.4. The molecular formula is C25H36O9. The number of benzene rings is 2. The first kappa shape index (κ1) is 25.2. The van der Waals surface area contributed by atoms with Crippen molar-refractivity contribution >= 4 is 0 Å². The zero-order valence-corrected chi connectivity index (χ0v) is 19.4. The third-order valence-electron chi connectivity index (χ3n) is 4.92. The van der Waals surface area contributed by atoms with Crippen LogP contribution in [0.5, 0.6) is 0 Å². The summed E-state index contributed by atoms with van der Waals surface area (Å²) in [7, 11) is 2.54. The Morgan fingerprint density at radius 3 is 1.88 bits per heavy atom. The van der Waals surface area contributed by atoms with E-state index in [2.05, 4.69) is 0 Å². The Balaban J connectivity index is 2.34. The van der Waals surface area contributed by atoms with Crippen molar-refractivity contribution in [3.05, 3.63) is 71.8 Å². The van der Waals surface area contributed by atoms with E-state index in [0.717, 1.165) is 11.1 Å². The zero-order chi connectivity index (χ0) is 26.3. The minimum absolute atomic E-state index is 0.0527. The lowest BCUT2D eigenvalue weighted by molar-refractivity contribution is -0.230. The average molecular weight is 483 g/mol. The van der Waals surface area contributed by atoms with Crippen LogP contribution in [0, 0.1) is 0 Å². The fourth-order valence-electron chi connectivity index (χ4n) is 3.18. The molecule has 0 aromatic heterocycles. The summed E-state index contributed by atoms with van der Waals surface area (Å²) >= 11 is 0. The van der Waals surface area contributed by atoms with Gasteiger partial charge in [0.1, 0.15) is 44.1 Å². The largest absolute Gasteiger partial charge is 0.394 e. The van der Waals surface area contributed by atoms with Crippen LogP contribution in [0.15, 0.2) is 60.7 Å². The molecule has 0 bridgehead atoms. The Kier molecular flexibility index (Phi) is 12.3. The molecule has 2 unspecified atom stereocenters. The fraction of sp³-hybridized carbons (Fsp3) is 0.520. The van der Waals surface area contributed by atoms with Gasteiger partial charge in [0, 0.05) is 14.2 Å². The number of ether oxygens (including phenoxy) is 6. The molecule has 0 amide bonds. The molecule has 0 heterocycles. The van der Waals surface area contributed by atoms with Crippen LogP contribution in [0.25, 0.3) is 0 Å². The molecule has 0 saturated heterocycles. The Morgan fingerprint density at radius 1 is 0.765 bits per heavy atom. The molecule has 2 rings (SSSR count). The van der Waals surface area contributed by atoms with E-state index in [1.165, 1.54) is 14.2 Å². The summed E-state index contributed by atoms with van der Waals surface area (Å²) in [5.74, 6) is 0. The number of aliphatic hydroxyl groups excluding tert-OH is 3. The Labute approximate surface area is 203 Å². The second-order valence-corrected chi connectivity index (χ2v) is 7.44. The van der Waals surface area contributed by atoms with E-state index in [1.54, 1.807) is 0 Å². The lowest BCUT2D eigenvalue weighted by Crippen LogP contribution is -2.54. The predicted octanol–water partition coefficient (Wildman–Crippen LogP) is 1.48. The highest BCUT2D eigenvalue weighted by atomic mass is 16.7. The van der Waals surface area contributed by atoms with Crippen molar-refractivity contribution in [2.45, 2.75) is 43.7 Å². The number of hydrogen-bond acceptors (Lipinski definition) is 9. The van der Waals surface area contributed by atoms with Gasteiger partial charge in [-0.3, -0.25) is 0 Å². The summed E-state index contributed by atoms with van der Waals surface area (Å²) in [6.45, 7) is -3.56. The molecule has 0 saturated carbocycles. The van der Waals surface area contributed by atoms with E-state index in [1.807, 2.05) is 60.7 Å². The lowest BCUT2D eigenvalue weighted by Gasteiger charge is -2.36. The maximum atomic E-state index is 10.8. The van der Waals surface area contributed by atoms with Gasteiger partial charge in [-0.1, -0.05) is 60.7 Å². The normalized spacial score (nSPS) is 18.7. The minimum atomic E-state index is -1.69. The van der Waals surface area contributed by atoms with Crippen molar-refractivity contribution < 1.29 is 46.5 Å². The quantitative estimate of drug-likeness (QED) is 0.272. The van der Waals surface area contributed by atoms with Crippen LogP contribution in [0.1, 0.15) is 13.9 Å². The maximum Gasteiger partial charge on any atom is 0.146 e. The first-order valence-electron chi connectivity index (χ1n) is 12.0. The van der Waals surface area contributed by atoms with Crippen molar-refractivity contribution in [3.63, 3.8) is 0 Å². The highest BCUT2D eigenvalue weighted by Crippen LogP contribution is 2.21. The molecule has 9 heteroatoms. The molecule has 0 aliphatic carbocycles. The van der Waals surface area contributed by atoms with Crippen molar-refractivity contribution in [1.82, 2.24) is 0 Å². The van der Waals surface area contributed by atoms with Gasteiger partial charge in [-0.15, -0.1) is 0 Å². The third kappa shape index (κ3) is 9.75. The second-order valence-electron chi connectivity index (χ2n) is 7.44. The molecule has 2 aromatic rings. The summed E-state index contributed by atoms with van der Waals surface area (Å²) in [6, 6.07) is 18.6. The molecule has 2 aromatic carbocycles. The maximum absolute atomic E-state index is 10.8. The highest BCUT2D eigenvalue weighted by molar-refractivity contribution is 5.14. The van der Waals surface area contributed by atoms with Gasteiger partial charge < -0.3 is 43.7 Å². The Hall–Kier alpha value is -1.92. The van der Waals surface area contributed by atoms with E-state index in [-0.39, 0.29) is 19.8 Å². The van der Waals surface area contributed by atoms with Crippen molar-refractivity contribution in [2.24, 2.45) is 0 Å². The lowest BCUT2D eigenvalue weighted by atomic mass is 9.98. The average Bonchev–Trinajstić information content (AvgIpc) is 2.92. The Morgan fingerprint density at radius 2 is 1.32 bits per heavy atom. The third-order valence-corrected chi connectivity index (χ3v) is 4.92. The van der Waals surface area contributed by atoms with Crippen LogP contribution in [-0.4, -0.2) is 86.8 Å². The van der Waals surface area contributed by atoms with Gasteiger partial charge in [0.15, 0.2) is 0 Å². The second kappa shape index (κ2) is 16.7. The van der Waals surface area contributed by atoms with E-state index >= 15 is 0 Å². The zero-order valence-electron chi connectivity index (χ0n) is 21.4. The number of hydrogen-bond donors (Lipinski definition) is 3. The van der Waals surface area contributed by atoms with Crippen LogP contribution in [0.2, 0.25) is 0 Å². The summed E-state index contributed by atoms with van der Waals surface area (Å²) in [5, 5.41) is 30.4. The van der Waals surface area contributed by atoms with Crippen LogP contribution in [-0.2, 0) is 41.6 Å². The van der Waals surface area contributed by atoms with Crippen LogP contribution in [0.4, 0.5) is 0 Å². The predicted molar refractivity (Wildman–Crippen MR) is 124 cm³/mol. The van der Waals surface area contributed by atoms with Crippen LogP contribution < -0.4 is 0 Å². The fourth-order valence-corrected chi connectivity index (χ4v) is 3.18. The molecular weight excluding hydrogens is 444 g/mol. The molecule has 0 aliphatic rings. The van der Waals surface area contributed by atoms with E-state index in [4.69, 9.17) is 31.2 Å². The molecule has 0 spiro atoms. The topological polar surface area (TPSA) is 116 Å². The van der Waals surface area contributed by atoms with E-state index in [9.17, 15) is 15.3 Å². The molecule has 9 nitrogen and oxygen atoms in total. The summed E-state index contributed by atoms with van der Waals surface area (Å²) in [4.78, 5) is 0. The molecule has 7 atom stereocenters. The van der Waals surface area contributed by atoms with Gasteiger partial charge in [0.2, 0.25) is 0 Å². The standard InChI is InChI=1S/C25H36O9/c1-29-17-33-22(16-31-14-19-9-5-3-6-10-19)24(32-15-20-11-7-4-8-12-20)25(34-18-30-2)23(28)21(27)13-26/h3-12,21-28H,13-18H2,1-2H3/t21-,22+,23+,24+,25+/m0/s1/i17D,18D/t17?,18?,21-,22+,23+,24+,25+. The summed E-state index contributed by atoms with van der Waals surface area (Å²) < 4.78 is 48.9. The smallest absolute Gasteiger partial charge is 0.146 e. The summed E-state index contributed by atoms with van der Waals surface area (Å²) in [5.41, 5.74) is 1.70. The van der Waals surface area contributed by atoms with Gasteiger partial charge in [-0.2, -0.15) is 0 Å². The monoisotopic (exact) mass is 482 g/mol. The molecule has 34 heavy (non-hydrogen) atoms. The number of aliphatic hydroxyl groups is 3. The first-order valence-corrected chi connectivity index (χ1v) is 10.8. The number of methoxy groups -OCH3 is 2. The summed E-state index contributed by atoms with van der Waals surface area (Å²) in [6.07, 6.45) is -6.93. The van der Waals surface area contributed by atoms with Gasteiger partial charge in [0.05, 0.1) is 29.2 Å². The van der Waals surface area contributed by atoms with Gasteiger partial charge in [-0.05, 0) is 11.1 Å². The highest BCUT2D eigenvalue weighted by Gasteiger charge is 2.40.